The summed E-state index contributed by atoms with van der Waals surface area (Å²) in [5, 5.41) is 8.19. The Morgan fingerprint density at radius 2 is 2.15 bits per heavy atom. The van der Waals surface area contributed by atoms with Crippen molar-refractivity contribution < 1.29 is 18.5 Å². The Kier molecular flexibility index (Phi) is 5.17. The van der Waals surface area contributed by atoms with Gasteiger partial charge in [0.25, 0.3) is 0 Å². The van der Waals surface area contributed by atoms with E-state index in [4.69, 9.17) is 8.94 Å². The van der Waals surface area contributed by atoms with Crippen molar-refractivity contribution in [3.63, 3.8) is 0 Å². The fraction of sp³-hybridized carbons (Fsp3) is 0.294. The molecule has 1 N–H and O–H groups in total. The number of hydrogen-bond donors (Lipinski definition) is 1. The number of likely N-dealkylation sites (N-methyl/N-ethyl adjacent to an activating group) is 1. The van der Waals surface area contributed by atoms with E-state index in [9.17, 15) is 9.59 Å². The third-order valence-corrected chi connectivity index (χ3v) is 4.50. The standard InChI is InChI=1S/C17H18N4O4S/c1-10-7-14(20-25-10)19-15(22)9-21(3)16(23)8-12-11(2)24-17(18-12)13-5-4-6-26-13/h4-7H,8-9H2,1-3H3,(H,19,20,22). The lowest BCUT2D eigenvalue weighted by Crippen LogP contribution is -2.36. The fourth-order valence-corrected chi connectivity index (χ4v) is 2.94. The van der Waals surface area contributed by atoms with Gasteiger partial charge in [0.2, 0.25) is 17.7 Å². The van der Waals surface area contributed by atoms with Gasteiger partial charge in [-0.3, -0.25) is 9.59 Å². The van der Waals surface area contributed by atoms with E-state index in [2.05, 4.69) is 15.5 Å². The van der Waals surface area contributed by atoms with Gasteiger partial charge in [-0.2, -0.15) is 0 Å². The maximum atomic E-state index is 12.4. The van der Waals surface area contributed by atoms with Gasteiger partial charge in [0, 0.05) is 13.1 Å². The molecule has 0 spiro atoms. The van der Waals surface area contributed by atoms with E-state index in [1.807, 2.05) is 17.5 Å². The first-order chi connectivity index (χ1) is 12.4. The number of amides is 2. The smallest absolute Gasteiger partial charge is 0.245 e. The Labute approximate surface area is 153 Å². The van der Waals surface area contributed by atoms with Crippen molar-refractivity contribution in [1.82, 2.24) is 15.0 Å². The number of aryl methyl sites for hydroxylation is 2. The van der Waals surface area contributed by atoms with Crippen molar-refractivity contribution in [2.75, 3.05) is 18.9 Å². The molecule has 0 saturated heterocycles. The maximum Gasteiger partial charge on any atom is 0.245 e. The first kappa shape index (κ1) is 17.9. The van der Waals surface area contributed by atoms with Crippen molar-refractivity contribution >= 4 is 29.0 Å². The number of thiophene rings is 1. The van der Waals surface area contributed by atoms with Gasteiger partial charge in [-0.15, -0.1) is 11.3 Å². The van der Waals surface area contributed by atoms with Gasteiger partial charge in [0.1, 0.15) is 11.5 Å². The highest BCUT2D eigenvalue weighted by molar-refractivity contribution is 7.13. The third-order valence-electron chi connectivity index (χ3n) is 3.65. The van der Waals surface area contributed by atoms with Gasteiger partial charge >= 0.3 is 0 Å². The van der Waals surface area contributed by atoms with Crippen molar-refractivity contribution in [3.8, 4) is 10.8 Å². The number of oxazole rings is 1. The fourth-order valence-electron chi connectivity index (χ4n) is 2.29. The molecule has 0 aliphatic carbocycles. The number of carbonyl (C=O) groups excluding carboxylic acids is 2. The number of anilines is 1. The number of rotatable bonds is 6. The number of hydrogen-bond acceptors (Lipinski definition) is 7. The highest BCUT2D eigenvalue weighted by Gasteiger charge is 2.19. The molecule has 8 nitrogen and oxygen atoms in total. The van der Waals surface area contributed by atoms with E-state index < -0.39 is 0 Å². The highest BCUT2D eigenvalue weighted by Crippen LogP contribution is 2.26. The van der Waals surface area contributed by atoms with Crippen molar-refractivity contribution in [2.24, 2.45) is 0 Å². The van der Waals surface area contributed by atoms with Crippen LogP contribution in [0.3, 0.4) is 0 Å². The van der Waals surface area contributed by atoms with Crippen LogP contribution < -0.4 is 5.32 Å². The van der Waals surface area contributed by atoms with Gasteiger partial charge in [-0.1, -0.05) is 11.2 Å². The molecule has 0 fully saturated rings. The number of carbonyl (C=O) groups is 2. The molecule has 3 heterocycles. The van der Waals surface area contributed by atoms with E-state index in [0.717, 1.165) is 4.88 Å². The monoisotopic (exact) mass is 374 g/mol. The van der Waals surface area contributed by atoms with Crippen LogP contribution in [0.5, 0.6) is 0 Å². The summed E-state index contributed by atoms with van der Waals surface area (Å²) in [6, 6.07) is 5.42. The number of aromatic nitrogens is 2. The Balaban J connectivity index is 1.58. The summed E-state index contributed by atoms with van der Waals surface area (Å²) in [6.07, 6.45) is 0.0631. The molecular weight excluding hydrogens is 356 g/mol. The van der Waals surface area contributed by atoms with Crippen LogP contribution in [0.1, 0.15) is 17.2 Å². The molecule has 2 amide bonds. The summed E-state index contributed by atoms with van der Waals surface area (Å²) in [5.41, 5.74) is 0.567. The van der Waals surface area contributed by atoms with Gasteiger partial charge in [-0.05, 0) is 25.3 Å². The first-order valence-corrected chi connectivity index (χ1v) is 8.77. The van der Waals surface area contributed by atoms with Crippen LogP contribution in [0.15, 0.2) is 32.5 Å². The second-order valence-electron chi connectivity index (χ2n) is 5.80. The van der Waals surface area contributed by atoms with Gasteiger partial charge in [-0.25, -0.2) is 4.98 Å². The quantitative estimate of drug-likeness (QED) is 0.712. The van der Waals surface area contributed by atoms with E-state index in [1.54, 1.807) is 27.0 Å². The minimum absolute atomic E-state index is 0.0631. The Bertz CT molecular complexity index is 913. The lowest BCUT2D eigenvalue weighted by atomic mass is 10.2. The third kappa shape index (κ3) is 4.17. The van der Waals surface area contributed by atoms with Crippen LogP contribution in [0.25, 0.3) is 10.8 Å². The van der Waals surface area contributed by atoms with E-state index >= 15 is 0 Å². The summed E-state index contributed by atoms with van der Waals surface area (Å²) in [4.78, 5) is 31.0. The molecule has 3 aromatic heterocycles. The first-order valence-electron chi connectivity index (χ1n) is 7.89. The minimum atomic E-state index is -0.356. The molecule has 136 valence electrons. The highest BCUT2D eigenvalue weighted by atomic mass is 32.1. The summed E-state index contributed by atoms with van der Waals surface area (Å²) in [5.74, 6) is 1.42. The second kappa shape index (κ2) is 7.52. The van der Waals surface area contributed by atoms with Crippen molar-refractivity contribution in [3.05, 3.63) is 40.8 Å². The molecule has 0 aliphatic heterocycles. The van der Waals surface area contributed by atoms with Crippen molar-refractivity contribution in [2.45, 2.75) is 20.3 Å². The zero-order chi connectivity index (χ0) is 18.7. The lowest BCUT2D eigenvalue weighted by Gasteiger charge is -2.15. The zero-order valence-corrected chi connectivity index (χ0v) is 15.4. The number of nitrogens with zero attached hydrogens (tertiary/aromatic N) is 3. The molecule has 0 bridgehead atoms. The normalized spacial score (nSPS) is 10.7. The van der Waals surface area contributed by atoms with Crippen LogP contribution in [0.4, 0.5) is 5.82 Å². The summed E-state index contributed by atoms with van der Waals surface area (Å²) >= 11 is 1.52. The Hall–Kier alpha value is -2.94. The van der Waals surface area contributed by atoms with Gasteiger partial charge in [0.15, 0.2) is 5.82 Å². The average Bonchev–Trinajstić information content (AvgIpc) is 3.30. The predicted molar refractivity (Wildman–Crippen MR) is 95.8 cm³/mol. The van der Waals surface area contributed by atoms with Gasteiger partial charge < -0.3 is 19.2 Å². The predicted octanol–water partition coefficient (Wildman–Crippen LogP) is 2.65. The van der Waals surface area contributed by atoms with Gasteiger partial charge in [0.05, 0.1) is 23.5 Å². The summed E-state index contributed by atoms with van der Waals surface area (Å²) < 4.78 is 10.5. The molecule has 0 unspecified atom stereocenters. The summed E-state index contributed by atoms with van der Waals surface area (Å²) in [7, 11) is 1.56. The van der Waals surface area contributed by atoms with E-state index in [1.165, 1.54) is 16.2 Å². The molecule has 9 heteroatoms. The molecule has 0 aliphatic rings. The molecular formula is C17H18N4O4S. The van der Waals surface area contributed by atoms with E-state index in [0.29, 0.717) is 28.9 Å². The Morgan fingerprint density at radius 3 is 2.81 bits per heavy atom. The van der Waals surface area contributed by atoms with Crippen LogP contribution in [-0.2, 0) is 16.0 Å². The molecule has 26 heavy (non-hydrogen) atoms. The zero-order valence-electron chi connectivity index (χ0n) is 14.6. The van der Waals surface area contributed by atoms with Crippen molar-refractivity contribution in [1.29, 1.82) is 0 Å². The Morgan fingerprint density at radius 1 is 1.35 bits per heavy atom. The van der Waals surface area contributed by atoms with Crippen LogP contribution >= 0.6 is 11.3 Å². The molecule has 3 rings (SSSR count). The SMILES string of the molecule is Cc1cc(NC(=O)CN(C)C(=O)Cc2nc(-c3cccs3)oc2C)no1. The van der Waals surface area contributed by atoms with Crippen LogP contribution in [0.2, 0.25) is 0 Å². The summed E-state index contributed by atoms with van der Waals surface area (Å²) in [6.45, 7) is 3.40. The average molecular weight is 374 g/mol. The molecule has 0 atom stereocenters. The number of nitrogens with one attached hydrogen (secondary N) is 1. The molecule has 0 radical (unpaired) electrons. The molecule has 0 aromatic carbocycles. The lowest BCUT2D eigenvalue weighted by molar-refractivity contribution is -0.132. The maximum absolute atomic E-state index is 12.4. The molecule has 0 saturated carbocycles. The topological polar surface area (TPSA) is 101 Å². The largest absolute Gasteiger partial charge is 0.440 e. The molecule has 3 aromatic rings. The van der Waals surface area contributed by atoms with Crippen LogP contribution in [0, 0.1) is 13.8 Å². The second-order valence-corrected chi connectivity index (χ2v) is 6.74. The minimum Gasteiger partial charge on any atom is -0.440 e. The van der Waals surface area contributed by atoms with Crippen LogP contribution in [-0.4, -0.2) is 40.4 Å². The van der Waals surface area contributed by atoms with E-state index in [-0.39, 0.29) is 24.8 Å².